The molecule has 3 rings (SSSR count). The van der Waals surface area contributed by atoms with Gasteiger partial charge in [-0.2, -0.15) is 0 Å². The summed E-state index contributed by atoms with van der Waals surface area (Å²) in [5.41, 5.74) is 5.13. The van der Waals surface area contributed by atoms with Crippen LogP contribution >= 0.6 is 0 Å². The topological polar surface area (TPSA) is 57.6 Å². The van der Waals surface area contributed by atoms with Gasteiger partial charge < -0.3 is 0 Å². The van der Waals surface area contributed by atoms with Gasteiger partial charge in [-0.05, 0) is 24.1 Å². The van der Waals surface area contributed by atoms with Crippen molar-refractivity contribution in [1.82, 2.24) is 10.4 Å². The molecule has 0 bridgehead atoms. The Morgan fingerprint density at radius 1 is 0.750 bits per heavy atom. The fourth-order valence-corrected chi connectivity index (χ4v) is 4.81. The SMILES string of the molecule is CCCCCCCCCCCCCCCCCC(=O)N1NC(Cc2ccccc2)=Nc2cccnc21. The van der Waals surface area contributed by atoms with E-state index in [4.69, 9.17) is 4.99 Å². The number of fused-ring (bicyclic) bond motifs is 1. The highest BCUT2D eigenvalue weighted by Crippen LogP contribution is 2.29. The molecule has 36 heavy (non-hydrogen) atoms. The molecule has 1 aromatic carbocycles. The van der Waals surface area contributed by atoms with Crippen LogP contribution in [0, 0.1) is 0 Å². The number of unbranched alkanes of at least 4 members (excludes halogenated alkanes) is 14. The molecular formula is C31H46N4O. The Morgan fingerprint density at radius 3 is 1.94 bits per heavy atom. The number of hydrogen-bond acceptors (Lipinski definition) is 4. The van der Waals surface area contributed by atoms with E-state index < -0.39 is 0 Å². The van der Waals surface area contributed by atoms with Crippen molar-refractivity contribution < 1.29 is 4.79 Å². The largest absolute Gasteiger partial charge is 0.276 e. The van der Waals surface area contributed by atoms with Crippen molar-refractivity contribution in [3.05, 3.63) is 54.2 Å². The minimum atomic E-state index is 0.0603. The van der Waals surface area contributed by atoms with Gasteiger partial charge in [-0.3, -0.25) is 10.2 Å². The molecule has 2 aromatic rings. The van der Waals surface area contributed by atoms with Gasteiger partial charge in [-0.15, -0.1) is 0 Å². The number of rotatable bonds is 18. The Morgan fingerprint density at radius 2 is 1.33 bits per heavy atom. The molecule has 196 valence electrons. The van der Waals surface area contributed by atoms with Gasteiger partial charge in [0.25, 0.3) is 0 Å². The third kappa shape index (κ3) is 10.1. The molecule has 1 amide bonds. The zero-order chi connectivity index (χ0) is 25.3. The lowest BCUT2D eigenvalue weighted by molar-refractivity contribution is -0.119. The fraction of sp³-hybridized carbons (Fsp3) is 0.581. The predicted octanol–water partition coefficient (Wildman–Crippen LogP) is 8.47. The molecule has 1 aliphatic rings. The third-order valence-corrected chi connectivity index (χ3v) is 6.93. The van der Waals surface area contributed by atoms with Crippen LogP contribution in [-0.4, -0.2) is 16.7 Å². The van der Waals surface area contributed by atoms with Crippen LogP contribution in [-0.2, 0) is 11.2 Å². The van der Waals surface area contributed by atoms with Crippen LogP contribution in [0.4, 0.5) is 11.5 Å². The zero-order valence-corrected chi connectivity index (χ0v) is 22.4. The molecule has 0 unspecified atom stereocenters. The number of aliphatic imine (C=N–C) groups is 1. The Hall–Kier alpha value is -2.69. The number of anilines is 1. The minimum absolute atomic E-state index is 0.0603. The van der Waals surface area contributed by atoms with Crippen LogP contribution in [0.2, 0.25) is 0 Å². The number of carbonyl (C=O) groups is 1. The monoisotopic (exact) mass is 490 g/mol. The molecule has 0 atom stereocenters. The Balaban J connectivity index is 1.28. The minimum Gasteiger partial charge on any atom is -0.276 e. The Bertz CT molecular complexity index is 912. The first-order chi connectivity index (χ1) is 17.8. The summed E-state index contributed by atoms with van der Waals surface area (Å²) in [5.74, 6) is 1.43. The number of nitrogens with one attached hydrogen (secondary N) is 1. The van der Waals surface area contributed by atoms with Gasteiger partial charge in [0.05, 0.1) is 0 Å². The number of hydrogen-bond donors (Lipinski definition) is 1. The van der Waals surface area contributed by atoms with E-state index in [-0.39, 0.29) is 5.91 Å². The molecule has 1 aliphatic heterocycles. The van der Waals surface area contributed by atoms with E-state index in [1.165, 1.54) is 83.5 Å². The summed E-state index contributed by atoms with van der Waals surface area (Å²) in [7, 11) is 0. The smallest absolute Gasteiger partial charge is 0.247 e. The fourth-order valence-electron chi connectivity index (χ4n) is 4.81. The second kappa shape index (κ2) is 16.9. The van der Waals surface area contributed by atoms with Gasteiger partial charge in [0, 0.05) is 19.0 Å². The molecule has 0 radical (unpaired) electrons. The average molecular weight is 491 g/mol. The van der Waals surface area contributed by atoms with Crippen LogP contribution < -0.4 is 10.4 Å². The summed E-state index contributed by atoms with van der Waals surface area (Å²) in [6.07, 6.45) is 22.7. The van der Waals surface area contributed by atoms with Crippen molar-refractivity contribution in [2.24, 2.45) is 4.99 Å². The molecule has 0 saturated heterocycles. The molecule has 2 heterocycles. The summed E-state index contributed by atoms with van der Waals surface area (Å²) in [6.45, 7) is 2.28. The first-order valence-corrected chi connectivity index (χ1v) is 14.4. The maximum atomic E-state index is 13.1. The van der Waals surface area contributed by atoms with E-state index in [1.807, 2.05) is 30.3 Å². The second-order valence-electron chi connectivity index (χ2n) is 10.1. The van der Waals surface area contributed by atoms with E-state index in [1.54, 1.807) is 11.2 Å². The standard InChI is InChI=1S/C31H46N4O/c1-2-3-4-5-6-7-8-9-10-11-12-13-14-15-19-24-30(36)35-31-28(23-20-25-32-31)33-29(34-35)26-27-21-17-16-18-22-27/h16-18,20-23,25H,2-15,19,24,26H2,1H3,(H,33,34). The number of amides is 1. The van der Waals surface area contributed by atoms with E-state index in [0.717, 1.165) is 29.9 Å². The predicted molar refractivity (Wildman–Crippen MR) is 152 cm³/mol. The van der Waals surface area contributed by atoms with Crippen LogP contribution in [0.1, 0.15) is 115 Å². The van der Waals surface area contributed by atoms with Crippen molar-refractivity contribution in [2.45, 2.75) is 116 Å². The first kappa shape index (κ1) is 27.9. The van der Waals surface area contributed by atoms with Crippen molar-refractivity contribution in [1.29, 1.82) is 0 Å². The molecule has 0 saturated carbocycles. The molecule has 0 spiro atoms. The highest BCUT2D eigenvalue weighted by molar-refractivity contribution is 6.02. The van der Waals surface area contributed by atoms with Crippen LogP contribution in [0.15, 0.2) is 53.7 Å². The van der Waals surface area contributed by atoms with Gasteiger partial charge >= 0.3 is 0 Å². The summed E-state index contributed by atoms with van der Waals surface area (Å²) < 4.78 is 0. The molecule has 0 fully saturated rings. The summed E-state index contributed by atoms with van der Waals surface area (Å²) >= 11 is 0. The number of amidine groups is 1. The van der Waals surface area contributed by atoms with E-state index >= 15 is 0 Å². The molecule has 1 aromatic heterocycles. The lowest BCUT2D eigenvalue weighted by Crippen LogP contribution is -2.49. The van der Waals surface area contributed by atoms with Crippen LogP contribution in [0.3, 0.4) is 0 Å². The van der Waals surface area contributed by atoms with Crippen molar-refractivity contribution in [2.75, 3.05) is 5.01 Å². The maximum absolute atomic E-state index is 13.1. The maximum Gasteiger partial charge on any atom is 0.247 e. The summed E-state index contributed by atoms with van der Waals surface area (Å²) in [6, 6.07) is 14.0. The summed E-state index contributed by atoms with van der Waals surface area (Å²) in [4.78, 5) is 22.2. The second-order valence-corrected chi connectivity index (χ2v) is 10.1. The quantitative estimate of drug-likeness (QED) is 0.213. The number of nitrogens with zero attached hydrogens (tertiary/aromatic N) is 3. The van der Waals surface area contributed by atoms with Gasteiger partial charge in [0.1, 0.15) is 11.5 Å². The lowest BCUT2D eigenvalue weighted by Gasteiger charge is -2.29. The Labute approximate surface area is 218 Å². The molecule has 5 heteroatoms. The van der Waals surface area contributed by atoms with E-state index in [9.17, 15) is 4.79 Å². The Kier molecular flexibility index (Phi) is 13.1. The number of carbonyl (C=O) groups excluding carboxylic acids is 1. The van der Waals surface area contributed by atoms with Gasteiger partial charge in [-0.25, -0.2) is 15.0 Å². The lowest BCUT2D eigenvalue weighted by atomic mass is 10.0. The number of hydrazine groups is 1. The van der Waals surface area contributed by atoms with Crippen LogP contribution in [0.5, 0.6) is 0 Å². The number of benzene rings is 1. The van der Waals surface area contributed by atoms with Crippen molar-refractivity contribution in [3.63, 3.8) is 0 Å². The van der Waals surface area contributed by atoms with Crippen LogP contribution in [0.25, 0.3) is 0 Å². The zero-order valence-electron chi connectivity index (χ0n) is 22.4. The molecule has 1 N–H and O–H groups in total. The van der Waals surface area contributed by atoms with Gasteiger partial charge in [0.15, 0.2) is 5.82 Å². The van der Waals surface area contributed by atoms with E-state index in [0.29, 0.717) is 18.7 Å². The normalized spacial score (nSPS) is 12.7. The van der Waals surface area contributed by atoms with Crippen molar-refractivity contribution in [3.8, 4) is 0 Å². The molecule has 5 nitrogen and oxygen atoms in total. The van der Waals surface area contributed by atoms with Crippen molar-refractivity contribution >= 4 is 23.2 Å². The highest BCUT2D eigenvalue weighted by Gasteiger charge is 2.25. The molecule has 0 aliphatic carbocycles. The van der Waals surface area contributed by atoms with Gasteiger partial charge in [0.2, 0.25) is 5.91 Å². The number of aromatic nitrogens is 1. The average Bonchev–Trinajstić information content (AvgIpc) is 2.91. The van der Waals surface area contributed by atoms with Gasteiger partial charge in [-0.1, -0.05) is 127 Å². The highest BCUT2D eigenvalue weighted by atomic mass is 16.2. The summed E-state index contributed by atoms with van der Waals surface area (Å²) in [5, 5.41) is 1.60. The number of pyridine rings is 1. The van der Waals surface area contributed by atoms with E-state index in [2.05, 4.69) is 29.5 Å². The molecular weight excluding hydrogens is 444 g/mol. The first-order valence-electron chi connectivity index (χ1n) is 14.4. The third-order valence-electron chi connectivity index (χ3n) is 6.93.